The molecule has 0 atom stereocenters. The van der Waals surface area contributed by atoms with Crippen molar-refractivity contribution in [1.29, 1.82) is 0 Å². The molecule has 0 saturated carbocycles. The second-order valence-electron chi connectivity index (χ2n) is 2.83. The van der Waals surface area contributed by atoms with Gasteiger partial charge in [-0.1, -0.05) is 0 Å². The molecule has 12 heavy (non-hydrogen) atoms. The summed E-state index contributed by atoms with van der Waals surface area (Å²) in [5.41, 5.74) is 4.64. The fourth-order valence-electron chi connectivity index (χ4n) is 1.06. The normalized spacial score (nSPS) is 16.0. The van der Waals surface area contributed by atoms with Crippen molar-refractivity contribution >= 4 is 5.78 Å². The second-order valence-corrected chi connectivity index (χ2v) is 2.83. The van der Waals surface area contributed by atoms with Crippen LogP contribution in [0.2, 0.25) is 0 Å². The first-order chi connectivity index (χ1) is 5.74. The highest BCUT2D eigenvalue weighted by Crippen LogP contribution is 2.12. The van der Waals surface area contributed by atoms with Gasteiger partial charge in [0, 0.05) is 12.7 Å². The van der Waals surface area contributed by atoms with Crippen molar-refractivity contribution in [2.75, 3.05) is 6.61 Å². The molecule has 1 aliphatic carbocycles. The van der Waals surface area contributed by atoms with Crippen LogP contribution in [-0.4, -0.2) is 17.5 Å². The van der Waals surface area contributed by atoms with Gasteiger partial charge in [-0.25, -0.2) is 0 Å². The summed E-state index contributed by atoms with van der Waals surface area (Å²) < 4.78 is 0. The summed E-state index contributed by atoms with van der Waals surface area (Å²) in [5.74, 6) is 0.0303. The first kappa shape index (κ1) is 8.98. The summed E-state index contributed by atoms with van der Waals surface area (Å²) in [4.78, 5) is 11.0. The molecular formula is C10H12O2. The van der Waals surface area contributed by atoms with Crippen LogP contribution in [0.5, 0.6) is 0 Å². The summed E-state index contributed by atoms with van der Waals surface area (Å²) >= 11 is 0. The van der Waals surface area contributed by atoms with Gasteiger partial charge in [0.15, 0.2) is 5.78 Å². The van der Waals surface area contributed by atoms with E-state index in [1.165, 1.54) is 6.08 Å². The largest absolute Gasteiger partial charge is 0.396 e. The van der Waals surface area contributed by atoms with Gasteiger partial charge in [-0.15, -0.1) is 5.73 Å². The highest BCUT2D eigenvalue weighted by Gasteiger charge is 2.05. The predicted octanol–water partition coefficient (Wildman–Crippen LogP) is 1.37. The third-order valence-corrected chi connectivity index (χ3v) is 1.77. The van der Waals surface area contributed by atoms with Gasteiger partial charge in [0.05, 0.1) is 0 Å². The minimum atomic E-state index is 0.0303. The van der Waals surface area contributed by atoms with Crippen molar-refractivity contribution in [3.05, 3.63) is 29.0 Å². The first-order valence-electron chi connectivity index (χ1n) is 4.03. The Balaban J connectivity index is 2.68. The molecular weight excluding hydrogens is 152 g/mol. The van der Waals surface area contributed by atoms with Gasteiger partial charge in [0.1, 0.15) is 0 Å². The van der Waals surface area contributed by atoms with Gasteiger partial charge < -0.3 is 5.11 Å². The van der Waals surface area contributed by atoms with Crippen molar-refractivity contribution in [3.8, 4) is 0 Å². The number of carbonyl (C=O) groups excluding carboxylic acids is 1. The van der Waals surface area contributed by atoms with Gasteiger partial charge in [0.25, 0.3) is 0 Å². The Bertz CT molecular complexity index is 278. The number of aliphatic hydroxyl groups excluding tert-OH is 1. The number of rotatable bonds is 3. The van der Waals surface area contributed by atoms with E-state index in [0.717, 1.165) is 24.0 Å². The van der Waals surface area contributed by atoms with E-state index in [2.05, 4.69) is 5.73 Å². The number of ketones is 1. The Morgan fingerprint density at radius 3 is 2.92 bits per heavy atom. The molecule has 0 fully saturated rings. The Morgan fingerprint density at radius 2 is 2.33 bits per heavy atom. The standard InChI is InChI=1S/C10H12O2/c1-8-7-9(3-2-6-11)4-5-10(8)12/h5,7,11H,2-3,6H2,1H3. The van der Waals surface area contributed by atoms with Crippen LogP contribution in [0.25, 0.3) is 0 Å². The average Bonchev–Trinajstić information content (AvgIpc) is 2.07. The molecule has 0 aromatic heterocycles. The number of aliphatic hydroxyl groups is 1. The van der Waals surface area contributed by atoms with E-state index in [0.29, 0.717) is 0 Å². The molecule has 0 spiro atoms. The second kappa shape index (κ2) is 4.05. The summed E-state index contributed by atoms with van der Waals surface area (Å²) in [5, 5.41) is 8.58. The van der Waals surface area contributed by atoms with Crippen LogP contribution in [0.15, 0.2) is 29.0 Å². The Morgan fingerprint density at radius 1 is 1.58 bits per heavy atom. The summed E-state index contributed by atoms with van der Waals surface area (Å²) in [6, 6.07) is 0. The number of hydrogen-bond donors (Lipinski definition) is 1. The van der Waals surface area contributed by atoms with E-state index in [1.54, 1.807) is 6.92 Å². The quantitative estimate of drug-likeness (QED) is 0.639. The molecule has 2 nitrogen and oxygen atoms in total. The summed E-state index contributed by atoms with van der Waals surface area (Å²) in [6.45, 7) is 1.98. The fourth-order valence-corrected chi connectivity index (χ4v) is 1.06. The molecule has 0 bridgehead atoms. The maximum Gasteiger partial charge on any atom is 0.189 e. The molecule has 0 aromatic rings. The molecule has 0 aliphatic heterocycles. The Hall–Kier alpha value is -1.11. The van der Waals surface area contributed by atoms with Crippen LogP contribution in [0, 0.1) is 0 Å². The van der Waals surface area contributed by atoms with Gasteiger partial charge in [-0.3, -0.25) is 4.79 Å². The molecule has 2 heteroatoms. The van der Waals surface area contributed by atoms with E-state index in [4.69, 9.17) is 5.11 Å². The van der Waals surface area contributed by atoms with Gasteiger partial charge in [-0.05, 0) is 37.0 Å². The fraction of sp³-hybridized carbons (Fsp3) is 0.400. The molecule has 1 aliphatic rings. The zero-order valence-electron chi connectivity index (χ0n) is 7.13. The number of allylic oxidation sites excluding steroid dienone is 3. The molecule has 1 rings (SSSR count). The molecule has 0 unspecified atom stereocenters. The molecule has 1 N–H and O–H groups in total. The minimum absolute atomic E-state index is 0.0303. The van der Waals surface area contributed by atoms with Crippen LogP contribution < -0.4 is 0 Å². The van der Waals surface area contributed by atoms with E-state index >= 15 is 0 Å². The SMILES string of the molecule is CC1=CC(CCCO)=C=CC1=O. The molecule has 0 aromatic carbocycles. The Labute approximate surface area is 71.9 Å². The van der Waals surface area contributed by atoms with Crippen molar-refractivity contribution in [1.82, 2.24) is 0 Å². The van der Waals surface area contributed by atoms with E-state index in [-0.39, 0.29) is 12.4 Å². The third kappa shape index (κ3) is 2.19. The first-order valence-corrected chi connectivity index (χ1v) is 4.03. The molecule has 0 heterocycles. The topological polar surface area (TPSA) is 37.3 Å². The predicted molar refractivity (Wildman–Crippen MR) is 46.7 cm³/mol. The zero-order valence-corrected chi connectivity index (χ0v) is 7.13. The van der Waals surface area contributed by atoms with Gasteiger partial charge in [-0.2, -0.15) is 0 Å². The van der Waals surface area contributed by atoms with Crippen LogP contribution in [0.1, 0.15) is 19.8 Å². The summed E-state index contributed by atoms with van der Waals surface area (Å²) in [6.07, 6.45) is 4.81. The van der Waals surface area contributed by atoms with Crippen LogP contribution in [0.4, 0.5) is 0 Å². The minimum Gasteiger partial charge on any atom is -0.396 e. The van der Waals surface area contributed by atoms with Crippen molar-refractivity contribution < 1.29 is 9.90 Å². The van der Waals surface area contributed by atoms with Crippen molar-refractivity contribution in [2.24, 2.45) is 0 Å². The lowest BCUT2D eigenvalue weighted by Gasteiger charge is -2.02. The zero-order chi connectivity index (χ0) is 8.97. The van der Waals surface area contributed by atoms with E-state index < -0.39 is 0 Å². The Kier molecular flexibility index (Phi) is 3.03. The average molecular weight is 164 g/mol. The maximum atomic E-state index is 11.0. The highest BCUT2D eigenvalue weighted by atomic mass is 16.2. The molecule has 0 radical (unpaired) electrons. The van der Waals surface area contributed by atoms with E-state index in [9.17, 15) is 4.79 Å². The van der Waals surface area contributed by atoms with Crippen LogP contribution >= 0.6 is 0 Å². The van der Waals surface area contributed by atoms with Gasteiger partial charge >= 0.3 is 0 Å². The third-order valence-electron chi connectivity index (χ3n) is 1.77. The highest BCUT2D eigenvalue weighted by molar-refractivity contribution is 6.04. The lowest BCUT2D eigenvalue weighted by molar-refractivity contribution is -0.111. The van der Waals surface area contributed by atoms with Crippen molar-refractivity contribution in [2.45, 2.75) is 19.8 Å². The van der Waals surface area contributed by atoms with Crippen LogP contribution in [-0.2, 0) is 4.79 Å². The van der Waals surface area contributed by atoms with Gasteiger partial charge in [0.2, 0.25) is 0 Å². The lowest BCUT2D eigenvalue weighted by atomic mass is 10.0. The molecule has 0 amide bonds. The van der Waals surface area contributed by atoms with Crippen LogP contribution in [0.3, 0.4) is 0 Å². The lowest BCUT2D eigenvalue weighted by Crippen LogP contribution is -1.98. The monoisotopic (exact) mass is 164 g/mol. The molecule has 0 saturated heterocycles. The number of hydrogen-bond acceptors (Lipinski definition) is 2. The number of carbonyl (C=O) groups is 1. The van der Waals surface area contributed by atoms with E-state index in [1.807, 2.05) is 6.08 Å². The molecule has 64 valence electrons. The smallest absolute Gasteiger partial charge is 0.189 e. The summed E-state index contributed by atoms with van der Waals surface area (Å²) in [7, 11) is 0. The maximum absolute atomic E-state index is 11.0. The van der Waals surface area contributed by atoms with Crippen molar-refractivity contribution in [3.63, 3.8) is 0 Å².